The fourth-order valence-corrected chi connectivity index (χ4v) is 4.06. The summed E-state index contributed by atoms with van der Waals surface area (Å²) in [6.07, 6.45) is 7.83. The van der Waals surface area contributed by atoms with Gasteiger partial charge >= 0.3 is 0 Å². The van der Waals surface area contributed by atoms with E-state index in [1.54, 1.807) is 11.8 Å². The summed E-state index contributed by atoms with van der Waals surface area (Å²) in [5.41, 5.74) is 0. The van der Waals surface area contributed by atoms with Gasteiger partial charge in [0.1, 0.15) is 0 Å². The molecule has 1 aromatic heterocycles. The molecule has 3 rings (SSSR count). The van der Waals surface area contributed by atoms with E-state index < -0.39 is 0 Å². The summed E-state index contributed by atoms with van der Waals surface area (Å²) in [5, 5.41) is 18.5. The molecule has 7 heteroatoms. The second kappa shape index (κ2) is 8.55. The van der Waals surface area contributed by atoms with Crippen LogP contribution in [0.4, 0.5) is 5.95 Å². The number of nitriles is 1. The molecule has 0 aliphatic carbocycles. The normalized spacial score (nSPS) is 21.5. The van der Waals surface area contributed by atoms with Crippen LogP contribution in [-0.2, 0) is 11.3 Å². The first-order valence-corrected chi connectivity index (χ1v) is 9.66. The van der Waals surface area contributed by atoms with E-state index in [4.69, 9.17) is 10.00 Å². The van der Waals surface area contributed by atoms with Gasteiger partial charge in [-0.1, -0.05) is 11.8 Å². The molecule has 0 radical (unpaired) electrons. The van der Waals surface area contributed by atoms with E-state index in [1.165, 1.54) is 19.3 Å². The van der Waals surface area contributed by atoms with Crippen molar-refractivity contribution in [1.82, 2.24) is 14.8 Å². The van der Waals surface area contributed by atoms with Crippen molar-refractivity contribution >= 4 is 17.7 Å². The maximum absolute atomic E-state index is 8.67. The first-order chi connectivity index (χ1) is 11.4. The van der Waals surface area contributed by atoms with Gasteiger partial charge in [-0.3, -0.25) is 4.57 Å². The number of piperidine rings is 1. The van der Waals surface area contributed by atoms with Crippen LogP contribution < -0.4 is 4.90 Å². The SMILES string of the molecule is N#CCCCSc1nnc(N2CCCCC2)n1C[C@H]1CCCO1. The van der Waals surface area contributed by atoms with Gasteiger partial charge in [-0.15, -0.1) is 10.2 Å². The van der Waals surface area contributed by atoms with Crippen LogP contribution in [0.1, 0.15) is 44.9 Å². The van der Waals surface area contributed by atoms with Crippen molar-refractivity contribution in [3.8, 4) is 6.07 Å². The molecule has 0 unspecified atom stereocenters. The van der Waals surface area contributed by atoms with Crippen molar-refractivity contribution in [1.29, 1.82) is 5.26 Å². The molecule has 0 N–H and O–H groups in total. The van der Waals surface area contributed by atoms with Crippen LogP contribution in [-0.4, -0.2) is 46.3 Å². The minimum atomic E-state index is 0.285. The first-order valence-electron chi connectivity index (χ1n) is 8.68. The summed E-state index contributed by atoms with van der Waals surface area (Å²) in [7, 11) is 0. The Hall–Kier alpha value is -1.26. The molecule has 2 aliphatic rings. The Bertz CT molecular complexity index is 529. The van der Waals surface area contributed by atoms with Gasteiger partial charge in [0.05, 0.1) is 18.7 Å². The van der Waals surface area contributed by atoms with Gasteiger partial charge in [-0.05, 0) is 38.5 Å². The summed E-state index contributed by atoms with van der Waals surface area (Å²) in [5.74, 6) is 1.92. The molecule has 2 aliphatic heterocycles. The van der Waals surface area contributed by atoms with Crippen LogP contribution in [0.3, 0.4) is 0 Å². The standard InChI is InChI=1S/C16H25N5OS/c17-8-2-5-12-23-16-19-18-15(20-9-3-1-4-10-20)21(16)13-14-7-6-11-22-14/h14H,1-7,9-13H2/t14-/m1/s1. The van der Waals surface area contributed by atoms with E-state index in [2.05, 4.69) is 25.7 Å². The zero-order valence-corrected chi connectivity index (χ0v) is 14.4. The Morgan fingerprint density at radius 2 is 2.09 bits per heavy atom. The second-order valence-corrected chi connectivity index (χ2v) is 7.25. The number of ether oxygens (including phenoxy) is 1. The van der Waals surface area contributed by atoms with Gasteiger partial charge in [0.2, 0.25) is 5.95 Å². The molecule has 1 aromatic rings. The molecule has 6 nitrogen and oxygen atoms in total. The number of nitrogens with zero attached hydrogens (tertiary/aromatic N) is 5. The highest BCUT2D eigenvalue weighted by Crippen LogP contribution is 2.27. The van der Waals surface area contributed by atoms with Crippen molar-refractivity contribution in [3.05, 3.63) is 0 Å². The highest BCUT2D eigenvalue weighted by Gasteiger charge is 2.24. The van der Waals surface area contributed by atoms with E-state index >= 15 is 0 Å². The molecule has 3 heterocycles. The summed E-state index contributed by atoms with van der Waals surface area (Å²) in [6, 6.07) is 2.20. The third kappa shape index (κ3) is 4.39. The van der Waals surface area contributed by atoms with Crippen LogP contribution in [0.15, 0.2) is 5.16 Å². The number of anilines is 1. The average Bonchev–Trinajstić information content (AvgIpc) is 3.23. The maximum Gasteiger partial charge on any atom is 0.228 e. The first kappa shape index (κ1) is 16.6. The number of unbranched alkanes of at least 4 members (excludes halogenated alkanes) is 1. The number of thioether (sulfide) groups is 1. The van der Waals surface area contributed by atoms with Crippen molar-refractivity contribution < 1.29 is 4.74 Å². The smallest absolute Gasteiger partial charge is 0.228 e. The summed E-state index contributed by atoms with van der Waals surface area (Å²) >= 11 is 1.71. The second-order valence-electron chi connectivity index (χ2n) is 6.19. The minimum absolute atomic E-state index is 0.285. The van der Waals surface area contributed by atoms with E-state index in [9.17, 15) is 0 Å². The lowest BCUT2D eigenvalue weighted by Crippen LogP contribution is -2.33. The van der Waals surface area contributed by atoms with E-state index in [0.717, 1.165) is 62.4 Å². The lowest BCUT2D eigenvalue weighted by molar-refractivity contribution is 0.0951. The number of hydrogen-bond acceptors (Lipinski definition) is 6. The Kier molecular flexibility index (Phi) is 6.17. The fraction of sp³-hybridized carbons (Fsp3) is 0.812. The molecule has 126 valence electrons. The molecule has 2 fully saturated rings. The molecule has 0 spiro atoms. The molecule has 0 bridgehead atoms. The number of hydrogen-bond donors (Lipinski definition) is 0. The van der Waals surface area contributed by atoms with E-state index in [0.29, 0.717) is 6.42 Å². The van der Waals surface area contributed by atoms with Gasteiger partial charge in [0, 0.05) is 31.9 Å². The van der Waals surface area contributed by atoms with Crippen LogP contribution in [0.25, 0.3) is 0 Å². The summed E-state index contributed by atoms with van der Waals surface area (Å²) in [6.45, 7) is 3.86. The Morgan fingerprint density at radius 3 is 2.83 bits per heavy atom. The van der Waals surface area contributed by atoms with Crippen molar-refractivity contribution in [2.75, 3.05) is 30.3 Å². The van der Waals surface area contributed by atoms with Gasteiger partial charge in [-0.2, -0.15) is 5.26 Å². The van der Waals surface area contributed by atoms with Crippen LogP contribution in [0.2, 0.25) is 0 Å². The molecule has 1 atom stereocenters. The molecular weight excluding hydrogens is 310 g/mol. The Morgan fingerprint density at radius 1 is 1.22 bits per heavy atom. The summed E-state index contributed by atoms with van der Waals surface area (Å²) < 4.78 is 8.07. The van der Waals surface area contributed by atoms with Crippen LogP contribution in [0.5, 0.6) is 0 Å². The van der Waals surface area contributed by atoms with E-state index in [1.807, 2.05) is 0 Å². The topological polar surface area (TPSA) is 67.0 Å². The minimum Gasteiger partial charge on any atom is -0.376 e. The third-order valence-corrected chi connectivity index (χ3v) is 5.46. The lowest BCUT2D eigenvalue weighted by Gasteiger charge is -2.28. The van der Waals surface area contributed by atoms with Gasteiger partial charge in [0.25, 0.3) is 0 Å². The Balaban J connectivity index is 1.71. The molecular formula is C16H25N5OS. The predicted molar refractivity (Wildman–Crippen MR) is 90.6 cm³/mol. The zero-order chi connectivity index (χ0) is 15.9. The number of rotatable bonds is 7. The maximum atomic E-state index is 8.67. The molecule has 2 saturated heterocycles. The average molecular weight is 335 g/mol. The van der Waals surface area contributed by atoms with Crippen LogP contribution in [0, 0.1) is 11.3 Å². The van der Waals surface area contributed by atoms with Crippen molar-refractivity contribution in [2.24, 2.45) is 0 Å². The third-order valence-electron chi connectivity index (χ3n) is 4.41. The molecule has 23 heavy (non-hydrogen) atoms. The quantitative estimate of drug-likeness (QED) is 0.564. The van der Waals surface area contributed by atoms with Crippen molar-refractivity contribution in [2.45, 2.75) is 62.8 Å². The van der Waals surface area contributed by atoms with E-state index in [-0.39, 0.29) is 6.10 Å². The highest BCUT2D eigenvalue weighted by molar-refractivity contribution is 7.99. The number of aromatic nitrogens is 3. The Labute approximate surface area is 142 Å². The van der Waals surface area contributed by atoms with Gasteiger partial charge in [-0.25, -0.2) is 0 Å². The monoisotopic (exact) mass is 335 g/mol. The molecule has 0 amide bonds. The molecule has 0 saturated carbocycles. The fourth-order valence-electron chi connectivity index (χ4n) is 3.18. The largest absolute Gasteiger partial charge is 0.376 e. The lowest BCUT2D eigenvalue weighted by atomic mass is 10.1. The van der Waals surface area contributed by atoms with Gasteiger partial charge < -0.3 is 9.64 Å². The molecule has 0 aromatic carbocycles. The highest BCUT2D eigenvalue weighted by atomic mass is 32.2. The summed E-state index contributed by atoms with van der Waals surface area (Å²) in [4.78, 5) is 2.37. The van der Waals surface area contributed by atoms with Gasteiger partial charge in [0.15, 0.2) is 5.16 Å². The predicted octanol–water partition coefficient (Wildman–Crippen LogP) is 2.84. The zero-order valence-electron chi connectivity index (χ0n) is 13.6. The van der Waals surface area contributed by atoms with Crippen LogP contribution >= 0.6 is 11.8 Å². The van der Waals surface area contributed by atoms with Crippen molar-refractivity contribution in [3.63, 3.8) is 0 Å².